The lowest BCUT2D eigenvalue weighted by molar-refractivity contribution is -0.244. The zero-order chi connectivity index (χ0) is 16.3. The Morgan fingerprint density at radius 2 is 1.00 bits per heavy atom. The summed E-state index contributed by atoms with van der Waals surface area (Å²) in [7, 11) is -4.62. The molecular formula is C7H20O10S2. The average Bonchev–Trinajstić information content (AvgIpc) is 2.17. The van der Waals surface area contributed by atoms with E-state index >= 15 is 0 Å². The Bertz CT molecular complexity index is 330. The molecule has 4 N–H and O–H groups in total. The van der Waals surface area contributed by atoms with Crippen LogP contribution in [0.3, 0.4) is 0 Å². The van der Waals surface area contributed by atoms with E-state index < -0.39 is 26.0 Å². The van der Waals surface area contributed by atoms with Crippen molar-refractivity contribution in [3.05, 3.63) is 0 Å². The fourth-order valence-electron chi connectivity index (χ4n) is 0.392. The molecule has 0 aromatic rings. The van der Waals surface area contributed by atoms with Crippen LogP contribution in [0.1, 0.15) is 0 Å². The molecule has 0 unspecified atom stereocenters. The summed E-state index contributed by atoms with van der Waals surface area (Å²) in [6.45, 7) is -0.701. The molecule has 0 saturated carbocycles. The first-order valence-corrected chi connectivity index (χ1v) is 8.11. The highest BCUT2D eigenvalue weighted by molar-refractivity contribution is 7.85. The maximum atomic E-state index is 9.19. The quantitative estimate of drug-likeness (QED) is 0.333. The predicted octanol–water partition coefficient (Wildman–Crippen LogP) is -2.03. The Labute approximate surface area is 112 Å². The van der Waals surface area contributed by atoms with Crippen LogP contribution >= 0.6 is 0 Å². The van der Waals surface area contributed by atoms with Crippen molar-refractivity contribution in [2.24, 2.45) is 0 Å². The van der Waals surface area contributed by atoms with Gasteiger partial charge in [0.25, 0.3) is 20.2 Å². The van der Waals surface area contributed by atoms with Crippen molar-refractivity contribution in [1.29, 1.82) is 0 Å². The maximum Gasteiger partial charge on any atom is 0.261 e. The number of hydrogen-bond donors (Lipinski definition) is 4. The molecule has 0 aromatic heterocycles. The summed E-state index contributed by atoms with van der Waals surface area (Å²) in [5, 5.41) is 17.1. The molecule has 0 rings (SSSR count). The molecule has 19 heavy (non-hydrogen) atoms. The van der Waals surface area contributed by atoms with Crippen molar-refractivity contribution in [1.82, 2.24) is 0 Å². The second kappa shape index (κ2) is 10.4. The Morgan fingerprint density at radius 3 is 1.00 bits per heavy atom. The number of ether oxygens (including phenoxy) is 2. The zero-order valence-corrected chi connectivity index (χ0v) is 12.6. The normalized spacial score (nSPS) is 11.8. The number of methoxy groups -OCH3 is 2. The van der Waals surface area contributed by atoms with Crippen molar-refractivity contribution >= 4 is 20.2 Å². The van der Waals surface area contributed by atoms with Gasteiger partial charge in [-0.05, 0) is 0 Å². The molecule has 10 nitrogen and oxygen atoms in total. The summed E-state index contributed by atoms with van der Waals surface area (Å²) >= 11 is 0. The van der Waals surface area contributed by atoms with Crippen molar-refractivity contribution in [3.63, 3.8) is 0 Å². The van der Waals surface area contributed by atoms with Crippen LogP contribution in [0.4, 0.5) is 0 Å². The van der Waals surface area contributed by atoms with Gasteiger partial charge in [-0.1, -0.05) is 0 Å². The van der Waals surface area contributed by atoms with Crippen molar-refractivity contribution in [3.8, 4) is 0 Å². The molecule has 0 atom stereocenters. The number of hydrogen-bond acceptors (Lipinski definition) is 8. The van der Waals surface area contributed by atoms with Gasteiger partial charge in [-0.15, -0.1) is 0 Å². The second-order valence-electron chi connectivity index (χ2n) is 3.10. The molecular weight excluding hydrogens is 308 g/mol. The van der Waals surface area contributed by atoms with Crippen molar-refractivity contribution in [2.75, 3.05) is 39.9 Å². The first kappa shape index (κ1) is 23.7. The average molecular weight is 328 g/mol. The highest BCUT2D eigenvalue weighted by atomic mass is 32.2. The summed E-state index contributed by atoms with van der Waals surface area (Å²) in [6.07, 6.45) is 1.43. The molecule has 0 fully saturated rings. The lowest BCUT2D eigenvalue weighted by atomic mass is 10.3. The maximum absolute atomic E-state index is 9.19. The van der Waals surface area contributed by atoms with E-state index in [1.54, 1.807) is 0 Å². The molecule has 120 valence electrons. The number of aliphatic hydroxyl groups excluding tert-OH is 2. The number of aliphatic hydroxyl groups is 2. The first-order chi connectivity index (χ1) is 8.24. The third kappa shape index (κ3) is 31.9. The largest absolute Gasteiger partial charge is 0.391 e. The van der Waals surface area contributed by atoms with Crippen LogP contribution in [0.5, 0.6) is 0 Å². The highest BCUT2D eigenvalue weighted by Crippen LogP contribution is 2.07. The van der Waals surface area contributed by atoms with E-state index in [1.165, 1.54) is 14.2 Å². The lowest BCUT2D eigenvalue weighted by Gasteiger charge is -2.25. The molecule has 0 spiro atoms. The summed E-state index contributed by atoms with van der Waals surface area (Å²) in [5.41, 5.74) is 0. The van der Waals surface area contributed by atoms with Crippen LogP contribution in [0.2, 0.25) is 0 Å². The van der Waals surface area contributed by atoms with Crippen LogP contribution in [-0.4, -0.2) is 81.9 Å². The van der Waals surface area contributed by atoms with E-state index in [9.17, 15) is 16.8 Å². The van der Waals surface area contributed by atoms with Gasteiger partial charge in [0.15, 0.2) is 0 Å². The molecule has 0 aromatic carbocycles. The molecule has 0 saturated heterocycles. The van der Waals surface area contributed by atoms with Crippen LogP contribution < -0.4 is 0 Å². The lowest BCUT2D eigenvalue weighted by Crippen LogP contribution is -2.41. The smallest absolute Gasteiger partial charge is 0.261 e. The van der Waals surface area contributed by atoms with Gasteiger partial charge in [0.2, 0.25) is 5.79 Å². The van der Waals surface area contributed by atoms with Gasteiger partial charge in [0, 0.05) is 14.2 Å². The molecule has 0 heterocycles. The van der Waals surface area contributed by atoms with Gasteiger partial charge in [0.05, 0.1) is 25.7 Å². The molecule has 0 radical (unpaired) electrons. The first-order valence-electron chi connectivity index (χ1n) is 4.41. The Hall–Kier alpha value is -0.340. The summed E-state index contributed by atoms with van der Waals surface area (Å²) in [5.74, 6) is -1.22. The molecule has 0 amide bonds. The van der Waals surface area contributed by atoms with E-state index in [-0.39, 0.29) is 13.2 Å². The fraction of sp³-hybridized carbons (Fsp3) is 1.00. The topological polar surface area (TPSA) is 168 Å². The van der Waals surface area contributed by atoms with Crippen molar-refractivity contribution in [2.45, 2.75) is 5.79 Å². The Balaban J connectivity index is -0.000000219. The van der Waals surface area contributed by atoms with Gasteiger partial charge in [-0.3, -0.25) is 9.11 Å². The van der Waals surface area contributed by atoms with E-state index in [4.69, 9.17) is 19.3 Å². The minimum absolute atomic E-state index is 0.351. The Kier molecular flexibility index (Phi) is 13.0. The number of rotatable bonds is 4. The fourth-order valence-corrected chi connectivity index (χ4v) is 0.392. The molecule has 0 aliphatic carbocycles. The van der Waals surface area contributed by atoms with Gasteiger partial charge < -0.3 is 19.7 Å². The van der Waals surface area contributed by atoms with Crippen LogP contribution in [-0.2, 0) is 29.7 Å². The standard InChI is InChI=1S/C5H12O4.2CH4O3S/c1-8-5(3-6,4-7)9-2;2*1-5(2,3)4/h6-7H,3-4H2,1-2H3;2*1H3,(H,2,3,4). The minimum Gasteiger partial charge on any atom is -0.391 e. The van der Waals surface area contributed by atoms with Crippen molar-refractivity contribution < 1.29 is 45.6 Å². The van der Waals surface area contributed by atoms with Gasteiger partial charge >= 0.3 is 0 Å². The Morgan fingerprint density at radius 1 is 0.842 bits per heavy atom. The van der Waals surface area contributed by atoms with Gasteiger partial charge in [-0.25, -0.2) is 0 Å². The summed E-state index contributed by atoms with van der Waals surface area (Å²) in [4.78, 5) is 0. The minimum atomic E-state index is -3.67. The van der Waals surface area contributed by atoms with E-state index in [0.29, 0.717) is 12.5 Å². The van der Waals surface area contributed by atoms with E-state index in [1.807, 2.05) is 0 Å². The summed E-state index contributed by atoms with van der Waals surface area (Å²) < 4.78 is 61.1. The third-order valence-corrected chi connectivity index (χ3v) is 1.23. The molecule has 0 bridgehead atoms. The molecule has 12 heteroatoms. The van der Waals surface area contributed by atoms with E-state index in [0.717, 1.165) is 0 Å². The van der Waals surface area contributed by atoms with Crippen LogP contribution in [0.25, 0.3) is 0 Å². The van der Waals surface area contributed by atoms with E-state index in [2.05, 4.69) is 9.47 Å². The predicted molar refractivity (Wildman–Crippen MR) is 65.9 cm³/mol. The summed E-state index contributed by atoms with van der Waals surface area (Å²) in [6, 6.07) is 0. The van der Waals surface area contributed by atoms with Crippen LogP contribution in [0, 0.1) is 0 Å². The zero-order valence-electron chi connectivity index (χ0n) is 11.0. The van der Waals surface area contributed by atoms with Gasteiger partial charge in [-0.2, -0.15) is 16.8 Å². The SMILES string of the molecule is COC(CO)(CO)OC.CS(=O)(=O)O.CS(=O)(=O)O. The highest BCUT2D eigenvalue weighted by Gasteiger charge is 2.26. The van der Waals surface area contributed by atoms with Gasteiger partial charge in [0.1, 0.15) is 0 Å². The monoisotopic (exact) mass is 328 g/mol. The molecule has 0 aliphatic rings. The molecule has 0 aliphatic heterocycles. The third-order valence-electron chi connectivity index (χ3n) is 1.23. The van der Waals surface area contributed by atoms with Crippen LogP contribution in [0.15, 0.2) is 0 Å². The second-order valence-corrected chi connectivity index (χ2v) is 6.03.